The number of hydrogen-bond acceptors (Lipinski definition) is 6. The zero-order chi connectivity index (χ0) is 15.5. The molecule has 0 aromatic carbocycles. The molecule has 2 N–H and O–H groups in total. The van der Waals surface area contributed by atoms with E-state index in [1.807, 2.05) is 24.0 Å². The van der Waals surface area contributed by atoms with Crippen LogP contribution in [0.15, 0.2) is 18.3 Å². The summed E-state index contributed by atoms with van der Waals surface area (Å²) in [6.45, 7) is 4.37. The molecule has 1 saturated heterocycles. The van der Waals surface area contributed by atoms with Crippen LogP contribution in [0.1, 0.15) is 19.4 Å². The Morgan fingerprint density at radius 2 is 2.29 bits per heavy atom. The van der Waals surface area contributed by atoms with Crippen molar-refractivity contribution in [3.05, 3.63) is 23.9 Å². The van der Waals surface area contributed by atoms with E-state index in [2.05, 4.69) is 4.98 Å². The van der Waals surface area contributed by atoms with E-state index in [1.165, 1.54) is 0 Å². The van der Waals surface area contributed by atoms with Crippen LogP contribution in [0.4, 0.5) is 5.82 Å². The Kier molecular flexibility index (Phi) is 5.51. The lowest BCUT2D eigenvalue weighted by Gasteiger charge is -2.35. The predicted molar refractivity (Wildman–Crippen MR) is 89.5 cm³/mol. The molecule has 1 aromatic heterocycles. The zero-order valence-electron chi connectivity index (χ0n) is 12.5. The molecule has 2 rings (SSSR count). The molecule has 0 radical (unpaired) electrons. The summed E-state index contributed by atoms with van der Waals surface area (Å²) in [7, 11) is -3.10. The minimum atomic E-state index is -3.10. The topological polar surface area (TPSA) is 76.3 Å². The highest BCUT2D eigenvalue weighted by Gasteiger charge is 2.33. The highest BCUT2D eigenvalue weighted by molar-refractivity contribution is 8.01. The number of hydrogen-bond donors (Lipinski definition) is 1. The first-order valence-corrected chi connectivity index (χ1v) is 10.1. The third-order valence-electron chi connectivity index (χ3n) is 3.56. The molecule has 0 saturated carbocycles. The average Bonchev–Trinajstić information content (AvgIpc) is 2.47. The lowest BCUT2D eigenvalue weighted by molar-refractivity contribution is 0.579. The van der Waals surface area contributed by atoms with Crippen LogP contribution in [0.5, 0.6) is 0 Å². The second-order valence-corrected chi connectivity index (χ2v) is 8.98. The van der Waals surface area contributed by atoms with Gasteiger partial charge in [-0.2, -0.15) is 11.8 Å². The molecule has 1 fully saturated rings. The number of thioether (sulfide) groups is 1. The minimum Gasteiger partial charge on any atom is -0.338 e. The van der Waals surface area contributed by atoms with Crippen LogP contribution in [0, 0.1) is 0 Å². The SMILES string of the molecule is CCS(=O)(=O)C1CSCCN1c1ccc(CC(C)N)cn1. The molecule has 1 aliphatic heterocycles. The molecule has 2 atom stereocenters. The van der Waals surface area contributed by atoms with Crippen LogP contribution in [0.3, 0.4) is 0 Å². The van der Waals surface area contributed by atoms with Crippen molar-refractivity contribution < 1.29 is 8.42 Å². The van der Waals surface area contributed by atoms with Crippen LogP contribution in [0.2, 0.25) is 0 Å². The maximum absolute atomic E-state index is 12.3. The number of anilines is 1. The Morgan fingerprint density at radius 1 is 1.52 bits per heavy atom. The molecule has 0 bridgehead atoms. The summed E-state index contributed by atoms with van der Waals surface area (Å²) in [4.78, 5) is 6.37. The first kappa shape index (κ1) is 16.6. The van der Waals surface area contributed by atoms with Gasteiger partial charge in [-0.15, -0.1) is 0 Å². The van der Waals surface area contributed by atoms with Gasteiger partial charge in [0.2, 0.25) is 0 Å². The molecular weight excluding hydrogens is 306 g/mol. The van der Waals surface area contributed by atoms with Crippen molar-refractivity contribution in [3.8, 4) is 0 Å². The molecule has 7 heteroatoms. The van der Waals surface area contributed by atoms with Gasteiger partial charge in [-0.3, -0.25) is 0 Å². The quantitative estimate of drug-likeness (QED) is 0.877. The van der Waals surface area contributed by atoms with E-state index in [4.69, 9.17) is 5.73 Å². The average molecular weight is 329 g/mol. The molecule has 0 amide bonds. The van der Waals surface area contributed by atoms with E-state index in [0.29, 0.717) is 12.3 Å². The van der Waals surface area contributed by atoms with Gasteiger partial charge in [0.15, 0.2) is 9.84 Å². The maximum Gasteiger partial charge on any atom is 0.171 e. The second-order valence-electron chi connectivity index (χ2n) is 5.38. The number of nitrogens with two attached hydrogens (primary N) is 1. The van der Waals surface area contributed by atoms with Gasteiger partial charge < -0.3 is 10.6 Å². The number of aromatic nitrogens is 1. The van der Waals surface area contributed by atoms with Crippen molar-refractivity contribution in [1.29, 1.82) is 0 Å². The van der Waals surface area contributed by atoms with Crippen LogP contribution in [-0.2, 0) is 16.3 Å². The Bertz CT molecular complexity index is 558. The van der Waals surface area contributed by atoms with Gasteiger partial charge in [0, 0.05) is 36.0 Å². The molecule has 0 aliphatic carbocycles. The summed E-state index contributed by atoms with van der Waals surface area (Å²) in [5.41, 5.74) is 6.86. The van der Waals surface area contributed by atoms with Crippen molar-refractivity contribution in [3.63, 3.8) is 0 Å². The molecule has 2 unspecified atom stereocenters. The van der Waals surface area contributed by atoms with Crippen molar-refractivity contribution in [2.24, 2.45) is 5.73 Å². The van der Waals surface area contributed by atoms with Gasteiger partial charge in [0.05, 0.1) is 0 Å². The molecular formula is C14H23N3O2S2. The molecule has 1 aromatic rings. The lowest BCUT2D eigenvalue weighted by Crippen LogP contribution is -2.48. The third kappa shape index (κ3) is 4.11. The summed E-state index contributed by atoms with van der Waals surface area (Å²) in [5.74, 6) is 2.45. The molecule has 0 spiro atoms. The number of nitrogens with zero attached hydrogens (tertiary/aromatic N) is 2. The molecule has 118 valence electrons. The van der Waals surface area contributed by atoms with E-state index >= 15 is 0 Å². The first-order valence-electron chi connectivity index (χ1n) is 7.20. The number of rotatable bonds is 5. The maximum atomic E-state index is 12.3. The lowest BCUT2D eigenvalue weighted by atomic mass is 10.1. The Labute approximate surface area is 131 Å². The van der Waals surface area contributed by atoms with Gasteiger partial charge in [-0.1, -0.05) is 13.0 Å². The van der Waals surface area contributed by atoms with Gasteiger partial charge in [0.25, 0.3) is 0 Å². The van der Waals surface area contributed by atoms with Crippen molar-refractivity contribution >= 4 is 27.4 Å². The molecule has 5 nitrogen and oxygen atoms in total. The predicted octanol–water partition coefficient (Wildman–Crippen LogP) is 1.29. The number of pyridine rings is 1. The van der Waals surface area contributed by atoms with Crippen LogP contribution < -0.4 is 10.6 Å². The molecule has 1 aliphatic rings. The summed E-state index contributed by atoms with van der Waals surface area (Å²) >= 11 is 1.69. The number of sulfone groups is 1. The molecule has 2 heterocycles. The fraction of sp³-hybridized carbons (Fsp3) is 0.643. The van der Waals surface area contributed by atoms with Crippen molar-refractivity contribution in [1.82, 2.24) is 4.98 Å². The van der Waals surface area contributed by atoms with Crippen molar-refractivity contribution in [2.45, 2.75) is 31.7 Å². The largest absolute Gasteiger partial charge is 0.338 e. The summed E-state index contributed by atoms with van der Waals surface area (Å²) < 4.78 is 24.5. The Hall–Kier alpha value is -0.790. The van der Waals surface area contributed by atoms with E-state index < -0.39 is 15.2 Å². The summed E-state index contributed by atoms with van der Waals surface area (Å²) in [5, 5.41) is -0.465. The van der Waals surface area contributed by atoms with E-state index in [1.54, 1.807) is 24.9 Å². The van der Waals surface area contributed by atoms with Gasteiger partial charge in [-0.05, 0) is 25.0 Å². The van der Waals surface area contributed by atoms with E-state index in [-0.39, 0.29) is 11.8 Å². The van der Waals surface area contributed by atoms with Gasteiger partial charge in [0.1, 0.15) is 11.2 Å². The summed E-state index contributed by atoms with van der Waals surface area (Å²) in [6, 6.07) is 3.99. The Morgan fingerprint density at radius 3 is 2.86 bits per heavy atom. The highest BCUT2D eigenvalue weighted by Crippen LogP contribution is 2.26. The minimum absolute atomic E-state index is 0.0947. The fourth-order valence-electron chi connectivity index (χ4n) is 2.41. The highest BCUT2D eigenvalue weighted by atomic mass is 32.2. The fourth-order valence-corrected chi connectivity index (χ4v) is 5.39. The normalized spacial score (nSPS) is 21.3. The summed E-state index contributed by atoms with van der Waals surface area (Å²) in [6.07, 6.45) is 2.58. The standard InChI is InChI=1S/C14H23N3O2S2/c1-3-21(18,19)14-10-20-7-6-17(14)13-5-4-12(9-16-13)8-11(2)15/h4-5,9,11,14H,3,6-8,10,15H2,1-2H3. The third-order valence-corrected chi connectivity index (χ3v) is 6.85. The zero-order valence-corrected chi connectivity index (χ0v) is 14.2. The van der Waals surface area contributed by atoms with Crippen LogP contribution >= 0.6 is 11.8 Å². The van der Waals surface area contributed by atoms with Crippen LogP contribution in [-0.4, -0.2) is 48.6 Å². The second kappa shape index (κ2) is 6.98. The van der Waals surface area contributed by atoms with E-state index in [9.17, 15) is 8.42 Å². The van der Waals surface area contributed by atoms with Crippen molar-refractivity contribution in [2.75, 3.05) is 28.7 Å². The Balaban J connectivity index is 2.21. The van der Waals surface area contributed by atoms with Crippen LogP contribution in [0.25, 0.3) is 0 Å². The van der Waals surface area contributed by atoms with Gasteiger partial charge in [-0.25, -0.2) is 13.4 Å². The van der Waals surface area contributed by atoms with Gasteiger partial charge >= 0.3 is 0 Å². The monoisotopic (exact) mass is 329 g/mol. The molecule has 21 heavy (non-hydrogen) atoms. The van der Waals surface area contributed by atoms with E-state index in [0.717, 1.165) is 23.6 Å². The smallest absolute Gasteiger partial charge is 0.171 e. The first-order chi connectivity index (χ1) is 9.94.